The van der Waals surface area contributed by atoms with Gasteiger partial charge < -0.3 is 16.0 Å². The molecule has 0 aliphatic carbocycles. The number of rotatable bonds is 7. The topological polar surface area (TPSA) is 65.5 Å². The molecule has 0 saturated heterocycles. The maximum atomic E-state index is 13.5. The van der Waals surface area contributed by atoms with Crippen LogP contribution in [-0.4, -0.2) is 38.0 Å². The summed E-state index contributed by atoms with van der Waals surface area (Å²) in [7, 11) is 0. The molecule has 1 amide bonds. The molecule has 0 spiro atoms. The molecule has 0 fully saturated rings. The van der Waals surface area contributed by atoms with E-state index in [1.165, 1.54) is 6.07 Å². The summed E-state index contributed by atoms with van der Waals surface area (Å²) >= 11 is 0. The predicted molar refractivity (Wildman–Crippen MR) is 106 cm³/mol. The van der Waals surface area contributed by atoms with Crippen LogP contribution in [0, 0.1) is 11.2 Å². The molecule has 6 heteroatoms. The molecule has 0 heterocycles. The Morgan fingerprint density at radius 3 is 2.31 bits per heavy atom. The summed E-state index contributed by atoms with van der Waals surface area (Å²) in [6.07, 6.45) is 0. The van der Waals surface area contributed by atoms with Crippen molar-refractivity contribution in [2.45, 2.75) is 47.0 Å². The van der Waals surface area contributed by atoms with E-state index in [1.807, 2.05) is 47.6 Å². The molecule has 0 atom stereocenters. The van der Waals surface area contributed by atoms with Gasteiger partial charge in [0.25, 0.3) is 0 Å². The Labute approximate surface area is 156 Å². The van der Waals surface area contributed by atoms with Crippen LogP contribution in [-0.2, 0) is 10.2 Å². The molecule has 0 aromatic heterocycles. The summed E-state index contributed by atoms with van der Waals surface area (Å²) in [6, 6.07) is 6.64. The van der Waals surface area contributed by atoms with Crippen LogP contribution in [0.15, 0.2) is 29.3 Å². The van der Waals surface area contributed by atoms with Crippen molar-refractivity contribution < 1.29 is 9.18 Å². The minimum absolute atomic E-state index is 0.0217. The molecule has 0 saturated carbocycles. The molecule has 5 nitrogen and oxygen atoms in total. The van der Waals surface area contributed by atoms with Crippen molar-refractivity contribution in [2.75, 3.05) is 26.2 Å². The zero-order valence-corrected chi connectivity index (χ0v) is 16.9. The lowest BCUT2D eigenvalue weighted by molar-refractivity contribution is -0.128. The zero-order chi connectivity index (χ0) is 19.8. The molecule has 3 N–H and O–H groups in total. The third-order valence-electron chi connectivity index (χ3n) is 3.97. The van der Waals surface area contributed by atoms with Crippen molar-refractivity contribution in [1.29, 1.82) is 0 Å². The van der Waals surface area contributed by atoms with Gasteiger partial charge >= 0.3 is 0 Å². The Balaban J connectivity index is 2.61. The van der Waals surface area contributed by atoms with Crippen LogP contribution in [0.25, 0.3) is 0 Å². The summed E-state index contributed by atoms with van der Waals surface area (Å²) in [5.74, 6) is 0.467. The quantitative estimate of drug-likeness (QED) is 0.396. The average molecular weight is 365 g/mol. The number of hydrogen-bond acceptors (Lipinski definition) is 2. The molecule has 0 bridgehead atoms. The van der Waals surface area contributed by atoms with Gasteiger partial charge in [-0.2, -0.15) is 0 Å². The number of carbonyl (C=O) groups is 1. The van der Waals surface area contributed by atoms with Crippen molar-refractivity contribution in [3.63, 3.8) is 0 Å². The number of carbonyl (C=O) groups excluding carboxylic acids is 1. The summed E-state index contributed by atoms with van der Waals surface area (Å²) in [6.45, 7) is 14.1. The van der Waals surface area contributed by atoms with E-state index in [-0.39, 0.29) is 17.1 Å². The van der Waals surface area contributed by atoms with Crippen LogP contribution in [0.2, 0.25) is 0 Å². The van der Waals surface area contributed by atoms with Crippen molar-refractivity contribution >= 4 is 11.9 Å². The van der Waals surface area contributed by atoms with Gasteiger partial charge in [0.15, 0.2) is 5.96 Å². The maximum Gasteiger partial charge on any atom is 0.225 e. The van der Waals surface area contributed by atoms with Gasteiger partial charge in [-0.25, -0.2) is 4.39 Å². The highest BCUT2D eigenvalue weighted by molar-refractivity contribution is 5.81. The van der Waals surface area contributed by atoms with Crippen LogP contribution in [0.1, 0.15) is 47.1 Å². The van der Waals surface area contributed by atoms with E-state index in [9.17, 15) is 9.18 Å². The van der Waals surface area contributed by atoms with Crippen molar-refractivity contribution in [3.8, 4) is 0 Å². The van der Waals surface area contributed by atoms with Gasteiger partial charge in [0, 0.05) is 30.5 Å². The SMILES string of the molecule is CCNC(=NCC(C)(C)c1cccc(F)c1)NCCNC(=O)C(C)(C)C. The number of amides is 1. The number of nitrogens with one attached hydrogen (secondary N) is 3. The number of hydrogen-bond donors (Lipinski definition) is 3. The summed E-state index contributed by atoms with van der Waals surface area (Å²) < 4.78 is 13.5. The first-order chi connectivity index (χ1) is 12.1. The molecule has 0 aliphatic heterocycles. The maximum absolute atomic E-state index is 13.5. The molecular formula is C20H33FN4O. The van der Waals surface area contributed by atoms with Crippen LogP contribution in [0.5, 0.6) is 0 Å². The molecule has 146 valence electrons. The molecule has 26 heavy (non-hydrogen) atoms. The van der Waals surface area contributed by atoms with Gasteiger partial charge in [0.1, 0.15) is 5.82 Å². The van der Waals surface area contributed by atoms with Gasteiger partial charge in [-0.1, -0.05) is 46.8 Å². The smallest absolute Gasteiger partial charge is 0.225 e. The molecule has 0 radical (unpaired) electrons. The number of benzene rings is 1. The van der Waals surface area contributed by atoms with Gasteiger partial charge in [-0.15, -0.1) is 0 Å². The second-order valence-corrected chi connectivity index (χ2v) is 8.02. The molecule has 0 aliphatic rings. The Morgan fingerprint density at radius 2 is 1.73 bits per heavy atom. The molecular weight excluding hydrogens is 331 g/mol. The normalized spacial score (nSPS) is 12.7. The van der Waals surface area contributed by atoms with E-state index in [0.717, 1.165) is 12.1 Å². The summed E-state index contributed by atoms with van der Waals surface area (Å²) in [4.78, 5) is 16.5. The Bertz CT molecular complexity index is 620. The zero-order valence-electron chi connectivity index (χ0n) is 16.9. The Kier molecular flexibility index (Phi) is 8.06. The first-order valence-electron chi connectivity index (χ1n) is 9.13. The first kappa shape index (κ1) is 21.9. The average Bonchev–Trinajstić information content (AvgIpc) is 2.55. The molecule has 1 aromatic carbocycles. The van der Waals surface area contributed by atoms with E-state index in [2.05, 4.69) is 20.9 Å². The number of nitrogens with zero attached hydrogens (tertiary/aromatic N) is 1. The number of guanidine groups is 1. The van der Waals surface area contributed by atoms with Crippen molar-refractivity contribution in [1.82, 2.24) is 16.0 Å². The minimum Gasteiger partial charge on any atom is -0.357 e. The third kappa shape index (κ3) is 7.42. The highest BCUT2D eigenvalue weighted by Crippen LogP contribution is 2.24. The van der Waals surface area contributed by atoms with E-state index in [4.69, 9.17) is 0 Å². The van der Waals surface area contributed by atoms with Crippen molar-refractivity contribution in [2.24, 2.45) is 10.4 Å². The van der Waals surface area contributed by atoms with E-state index >= 15 is 0 Å². The lowest BCUT2D eigenvalue weighted by Gasteiger charge is -2.24. The van der Waals surface area contributed by atoms with Crippen LogP contribution < -0.4 is 16.0 Å². The fourth-order valence-corrected chi connectivity index (χ4v) is 2.24. The predicted octanol–water partition coefficient (Wildman–Crippen LogP) is 2.82. The highest BCUT2D eigenvalue weighted by Gasteiger charge is 2.21. The van der Waals surface area contributed by atoms with Gasteiger partial charge in [-0.3, -0.25) is 9.79 Å². The number of aliphatic imine (C=N–C) groups is 1. The van der Waals surface area contributed by atoms with Gasteiger partial charge in [-0.05, 0) is 24.6 Å². The highest BCUT2D eigenvalue weighted by atomic mass is 19.1. The van der Waals surface area contributed by atoms with Gasteiger partial charge in [0.05, 0.1) is 6.54 Å². The lowest BCUT2D eigenvalue weighted by Crippen LogP contribution is -2.44. The second kappa shape index (κ2) is 9.55. The fraction of sp³-hybridized carbons (Fsp3) is 0.600. The van der Waals surface area contributed by atoms with E-state index < -0.39 is 5.41 Å². The van der Waals surface area contributed by atoms with E-state index in [1.54, 1.807) is 12.1 Å². The van der Waals surface area contributed by atoms with Crippen LogP contribution >= 0.6 is 0 Å². The summed E-state index contributed by atoms with van der Waals surface area (Å²) in [5, 5.41) is 9.30. The summed E-state index contributed by atoms with van der Waals surface area (Å²) in [5.41, 5.74) is 0.230. The lowest BCUT2D eigenvalue weighted by atomic mass is 9.85. The Hall–Kier alpha value is -2.11. The number of halogens is 1. The Morgan fingerprint density at radius 1 is 1.08 bits per heavy atom. The minimum atomic E-state index is -0.395. The molecule has 1 aromatic rings. The fourth-order valence-electron chi connectivity index (χ4n) is 2.24. The largest absolute Gasteiger partial charge is 0.357 e. The van der Waals surface area contributed by atoms with Crippen molar-refractivity contribution in [3.05, 3.63) is 35.6 Å². The van der Waals surface area contributed by atoms with Gasteiger partial charge in [0.2, 0.25) is 5.91 Å². The van der Waals surface area contributed by atoms with Crippen LogP contribution in [0.3, 0.4) is 0 Å². The third-order valence-corrected chi connectivity index (χ3v) is 3.97. The monoisotopic (exact) mass is 364 g/mol. The molecule has 0 unspecified atom stereocenters. The first-order valence-corrected chi connectivity index (χ1v) is 9.13. The van der Waals surface area contributed by atoms with E-state index in [0.29, 0.717) is 25.6 Å². The standard InChI is InChI=1S/C20H33FN4O/c1-7-22-18(24-12-11-23-17(26)19(2,3)4)25-14-20(5,6)15-9-8-10-16(21)13-15/h8-10,13H,7,11-12,14H2,1-6H3,(H,23,26)(H2,22,24,25). The molecule has 1 rings (SSSR count). The second-order valence-electron chi connectivity index (χ2n) is 8.02. The van der Waals surface area contributed by atoms with Crippen LogP contribution in [0.4, 0.5) is 4.39 Å².